The summed E-state index contributed by atoms with van der Waals surface area (Å²) in [4.78, 5) is 14.1. The summed E-state index contributed by atoms with van der Waals surface area (Å²) >= 11 is 0. The van der Waals surface area contributed by atoms with Crippen LogP contribution in [0.5, 0.6) is 5.75 Å². The smallest absolute Gasteiger partial charge is 0.406 e. The Bertz CT molecular complexity index is 555. The molecule has 7 heteroatoms. The molecule has 0 aliphatic carbocycles. The second-order valence-corrected chi connectivity index (χ2v) is 6.57. The van der Waals surface area contributed by atoms with E-state index in [9.17, 15) is 18.0 Å². The molecule has 23 heavy (non-hydrogen) atoms. The van der Waals surface area contributed by atoms with E-state index in [4.69, 9.17) is 5.73 Å². The molecule has 0 saturated carbocycles. The summed E-state index contributed by atoms with van der Waals surface area (Å²) in [5.41, 5.74) is 6.56. The van der Waals surface area contributed by atoms with Gasteiger partial charge in [0.05, 0.1) is 6.42 Å². The number of hydrogen-bond acceptors (Lipinski definition) is 3. The van der Waals surface area contributed by atoms with Crippen molar-refractivity contribution in [1.82, 2.24) is 4.90 Å². The molecule has 1 aromatic rings. The van der Waals surface area contributed by atoms with Crippen LogP contribution >= 0.6 is 0 Å². The molecule has 2 N–H and O–H groups in total. The first kappa shape index (κ1) is 17.6. The zero-order valence-electron chi connectivity index (χ0n) is 13.2. The SMILES string of the molecule is CC1(C)CN(C(=O)Cc2ccc(OC(F)(F)F)cc2)CCC1N. The van der Waals surface area contributed by atoms with Gasteiger partial charge < -0.3 is 15.4 Å². The van der Waals surface area contributed by atoms with Crippen LogP contribution in [0, 0.1) is 5.41 Å². The van der Waals surface area contributed by atoms with Gasteiger partial charge in [-0.15, -0.1) is 13.2 Å². The number of carbonyl (C=O) groups excluding carboxylic acids is 1. The maximum absolute atomic E-state index is 12.3. The second-order valence-electron chi connectivity index (χ2n) is 6.57. The number of benzene rings is 1. The van der Waals surface area contributed by atoms with E-state index in [0.29, 0.717) is 18.7 Å². The molecule has 1 fully saturated rings. The minimum absolute atomic E-state index is 0.0468. The number of amides is 1. The number of hydrogen-bond donors (Lipinski definition) is 1. The topological polar surface area (TPSA) is 55.6 Å². The number of rotatable bonds is 3. The molecule has 128 valence electrons. The van der Waals surface area contributed by atoms with E-state index in [1.807, 2.05) is 13.8 Å². The van der Waals surface area contributed by atoms with Crippen molar-refractivity contribution in [1.29, 1.82) is 0 Å². The van der Waals surface area contributed by atoms with Gasteiger partial charge in [0.25, 0.3) is 0 Å². The fourth-order valence-corrected chi connectivity index (χ4v) is 2.68. The Kier molecular flexibility index (Phi) is 4.89. The van der Waals surface area contributed by atoms with E-state index < -0.39 is 6.36 Å². The molecule has 1 aliphatic heterocycles. The number of piperidine rings is 1. The first-order valence-corrected chi connectivity index (χ1v) is 7.45. The van der Waals surface area contributed by atoms with E-state index >= 15 is 0 Å². The average molecular weight is 330 g/mol. The van der Waals surface area contributed by atoms with E-state index in [-0.39, 0.29) is 29.5 Å². The standard InChI is InChI=1S/C16H21F3N2O2/c1-15(2)10-21(8-7-13(15)20)14(22)9-11-3-5-12(6-4-11)23-16(17,18)19/h3-6,13H,7-10,20H2,1-2H3. The highest BCUT2D eigenvalue weighted by molar-refractivity contribution is 5.79. The zero-order chi connectivity index (χ0) is 17.3. The summed E-state index contributed by atoms with van der Waals surface area (Å²) in [6.45, 7) is 5.25. The van der Waals surface area contributed by atoms with E-state index in [1.54, 1.807) is 4.90 Å². The van der Waals surface area contributed by atoms with Crippen molar-refractivity contribution in [2.75, 3.05) is 13.1 Å². The Morgan fingerprint density at radius 2 is 1.96 bits per heavy atom. The number of nitrogens with two attached hydrogens (primary N) is 1. The van der Waals surface area contributed by atoms with Crippen LogP contribution in [-0.4, -0.2) is 36.3 Å². The van der Waals surface area contributed by atoms with Crippen LogP contribution in [0.25, 0.3) is 0 Å². The second kappa shape index (κ2) is 6.39. The third-order valence-corrected chi connectivity index (χ3v) is 4.18. The molecular weight excluding hydrogens is 309 g/mol. The van der Waals surface area contributed by atoms with Gasteiger partial charge in [-0.05, 0) is 29.5 Å². The predicted octanol–water partition coefficient (Wildman–Crippen LogP) is 2.71. The lowest BCUT2D eigenvalue weighted by molar-refractivity contribution is -0.274. The summed E-state index contributed by atoms with van der Waals surface area (Å²) in [5, 5.41) is 0. The van der Waals surface area contributed by atoms with Gasteiger partial charge in [-0.2, -0.15) is 0 Å². The van der Waals surface area contributed by atoms with Gasteiger partial charge in [-0.3, -0.25) is 4.79 Å². The molecule has 1 unspecified atom stereocenters. The highest BCUT2D eigenvalue weighted by Crippen LogP contribution is 2.28. The van der Waals surface area contributed by atoms with Crippen LogP contribution in [0.3, 0.4) is 0 Å². The lowest BCUT2D eigenvalue weighted by atomic mass is 9.79. The molecular formula is C16H21F3N2O2. The van der Waals surface area contributed by atoms with Crippen LogP contribution in [-0.2, 0) is 11.2 Å². The number of nitrogens with zero attached hydrogens (tertiary/aromatic N) is 1. The first-order chi connectivity index (χ1) is 10.6. The number of alkyl halides is 3. The highest BCUT2D eigenvalue weighted by atomic mass is 19.4. The molecule has 1 saturated heterocycles. The summed E-state index contributed by atoms with van der Waals surface area (Å²) in [7, 11) is 0. The van der Waals surface area contributed by atoms with Crippen molar-refractivity contribution >= 4 is 5.91 Å². The number of carbonyl (C=O) groups is 1. The molecule has 0 aromatic heterocycles. The summed E-state index contributed by atoms with van der Waals surface area (Å²) in [5.74, 6) is -0.340. The first-order valence-electron chi connectivity index (χ1n) is 7.45. The average Bonchev–Trinajstić information content (AvgIpc) is 2.42. The largest absolute Gasteiger partial charge is 0.573 e. The van der Waals surface area contributed by atoms with Crippen LogP contribution in [0.1, 0.15) is 25.8 Å². The molecule has 1 amide bonds. The Balaban J connectivity index is 1.95. The fraction of sp³-hybridized carbons (Fsp3) is 0.562. The van der Waals surface area contributed by atoms with Crippen LogP contribution in [0.4, 0.5) is 13.2 Å². The van der Waals surface area contributed by atoms with Crippen molar-refractivity contribution in [3.63, 3.8) is 0 Å². The van der Waals surface area contributed by atoms with Gasteiger partial charge in [0.1, 0.15) is 5.75 Å². The molecule has 2 rings (SSSR count). The molecule has 0 spiro atoms. The quantitative estimate of drug-likeness (QED) is 0.927. The monoisotopic (exact) mass is 330 g/mol. The maximum Gasteiger partial charge on any atom is 0.573 e. The lowest BCUT2D eigenvalue weighted by Crippen LogP contribution is -2.54. The van der Waals surface area contributed by atoms with Crippen molar-refractivity contribution in [3.05, 3.63) is 29.8 Å². The third-order valence-electron chi connectivity index (χ3n) is 4.18. The van der Waals surface area contributed by atoms with Crippen LogP contribution < -0.4 is 10.5 Å². The maximum atomic E-state index is 12.3. The molecule has 1 heterocycles. The molecule has 1 atom stereocenters. The zero-order valence-corrected chi connectivity index (χ0v) is 13.2. The molecule has 1 aliphatic rings. The summed E-state index contributed by atoms with van der Waals surface area (Å²) in [6.07, 6.45) is -3.82. The molecule has 4 nitrogen and oxygen atoms in total. The fourth-order valence-electron chi connectivity index (χ4n) is 2.68. The van der Waals surface area contributed by atoms with E-state index in [0.717, 1.165) is 6.42 Å². The van der Waals surface area contributed by atoms with Gasteiger partial charge in [-0.1, -0.05) is 26.0 Å². The Morgan fingerprint density at radius 1 is 1.35 bits per heavy atom. The molecule has 0 bridgehead atoms. The summed E-state index contributed by atoms with van der Waals surface area (Å²) in [6, 6.07) is 5.43. The van der Waals surface area contributed by atoms with Gasteiger partial charge in [0.15, 0.2) is 0 Å². The van der Waals surface area contributed by atoms with Crippen molar-refractivity contribution in [3.8, 4) is 5.75 Å². The number of ether oxygens (including phenoxy) is 1. The lowest BCUT2D eigenvalue weighted by Gasteiger charge is -2.42. The number of halogens is 3. The van der Waals surface area contributed by atoms with Crippen LogP contribution in [0.2, 0.25) is 0 Å². The normalized spacial score (nSPS) is 21.1. The minimum atomic E-state index is -4.71. The van der Waals surface area contributed by atoms with Crippen molar-refractivity contribution in [2.24, 2.45) is 11.1 Å². The third kappa shape index (κ3) is 4.86. The van der Waals surface area contributed by atoms with E-state index in [1.165, 1.54) is 24.3 Å². The molecule has 0 radical (unpaired) electrons. The number of likely N-dealkylation sites (tertiary alicyclic amines) is 1. The van der Waals surface area contributed by atoms with Crippen LogP contribution in [0.15, 0.2) is 24.3 Å². The van der Waals surface area contributed by atoms with Gasteiger partial charge >= 0.3 is 6.36 Å². The van der Waals surface area contributed by atoms with Gasteiger partial charge in [-0.25, -0.2) is 0 Å². The predicted molar refractivity (Wildman–Crippen MR) is 79.8 cm³/mol. The van der Waals surface area contributed by atoms with Gasteiger partial charge in [0, 0.05) is 19.1 Å². The minimum Gasteiger partial charge on any atom is -0.406 e. The molecule has 1 aromatic carbocycles. The van der Waals surface area contributed by atoms with Crippen molar-refractivity contribution < 1.29 is 22.7 Å². The highest BCUT2D eigenvalue weighted by Gasteiger charge is 2.35. The van der Waals surface area contributed by atoms with Gasteiger partial charge in [0.2, 0.25) is 5.91 Å². The van der Waals surface area contributed by atoms with Crippen molar-refractivity contribution in [2.45, 2.75) is 39.1 Å². The Hall–Kier alpha value is -1.76. The Labute approximate surface area is 133 Å². The van der Waals surface area contributed by atoms with E-state index in [2.05, 4.69) is 4.74 Å². The summed E-state index contributed by atoms with van der Waals surface area (Å²) < 4.78 is 40.1. The Morgan fingerprint density at radius 3 is 2.48 bits per heavy atom.